The van der Waals surface area contributed by atoms with Crippen LogP contribution in [0, 0.1) is 0 Å². The van der Waals surface area contributed by atoms with Crippen molar-refractivity contribution in [3.63, 3.8) is 0 Å². The number of aromatic nitrogens is 1. The summed E-state index contributed by atoms with van der Waals surface area (Å²) in [5, 5.41) is 2.35. The number of nitrogens with two attached hydrogens (primary N) is 1. The van der Waals surface area contributed by atoms with Crippen molar-refractivity contribution in [1.82, 2.24) is 20.2 Å². The zero-order valence-corrected chi connectivity index (χ0v) is 11.5. The fourth-order valence-corrected chi connectivity index (χ4v) is 2.86. The first-order chi connectivity index (χ1) is 8.60. The Morgan fingerprint density at radius 1 is 1.72 bits per heavy atom. The molecule has 0 saturated carbocycles. The van der Waals surface area contributed by atoms with Gasteiger partial charge < -0.3 is 4.90 Å². The number of nitrogens with zero attached hydrogens (tertiary/aromatic N) is 3. The smallest absolute Gasteiger partial charge is 0.294 e. The molecule has 1 saturated heterocycles. The number of hydrogen-bond donors (Lipinski definition) is 2. The third kappa shape index (κ3) is 3.05. The number of nitrogens with one attached hydrogen (secondary N) is 1. The van der Waals surface area contributed by atoms with Crippen LogP contribution in [0.25, 0.3) is 0 Å². The monoisotopic (exact) mass is 269 g/mol. The number of thiazole rings is 1. The van der Waals surface area contributed by atoms with E-state index in [4.69, 9.17) is 5.84 Å². The third-order valence-electron chi connectivity index (χ3n) is 3.24. The van der Waals surface area contributed by atoms with Crippen LogP contribution in [0.3, 0.4) is 0 Å². The van der Waals surface area contributed by atoms with E-state index < -0.39 is 0 Å². The Kier molecular flexibility index (Phi) is 4.28. The lowest BCUT2D eigenvalue weighted by atomic mass is 10.2. The molecule has 0 spiro atoms. The van der Waals surface area contributed by atoms with E-state index in [0.29, 0.717) is 11.0 Å². The largest absolute Gasteiger partial charge is 0.305 e. The quantitative estimate of drug-likeness (QED) is 0.453. The van der Waals surface area contributed by atoms with Gasteiger partial charge in [-0.2, -0.15) is 0 Å². The molecule has 0 radical (unpaired) electrons. The Bertz CT molecular complexity index is 419. The van der Waals surface area contributed by atoms with Crippen LogP contribution in [0.5, 0.6) is 0 Å². The van der Waals surface area contributed by atoms with E-state index in [1.807, 2.05) is 5.38 Å². The van der Waals surface area contributed by atoms with Gasteiger partial charge >= 0.3 is 0 Å². The molecule has 6 nitrogen and oxygen atoms in total. The summed E-state index contributed by atoms with van der Waals surface area (Å²) in [6.45, 7) is 2.94. The molecule has 18 heavy (non-hydrogen) atoms. The predicted octanol–water partition coefficient (Wildman–Crippen LogP) is -0.117. The lowest BCUT2D eigenvalue weighted by molar-refractivity contribution is 0.0953. The van der Waals surface area contributed by atoms with E-state index in [-0.39, 0.29) is 5.91 Å². The average Bonchev–Trinajstić information content (AvgIpc) is 2.98. The van der Waals surface area contributed by atoms with Crippen LogP contribution in [0.2, 0.25) is 0 Å². The van der Waals surface area contributed by atoms with Crippen molar-refractivity contribution < 1.29 is 4.79 Å². The summed E-state index contributed by atoms with van der Waals surface area (Å²) >= 11 is 1.33. The molecule has 1 aliphatic rings. The van der Waals surface area contributed by atoms with Crippen molar-refractivity contribution in [3.8, 4) is 0 Å². The number of likely N-dealkylation sites (N-methyl/N-ethyl adjacent to an activating group) is 1. The van der Waals surface area contributed by atoms with Crippen LogP contribution in [-0.2, 0) is 6.54 Å². The molecular weight excluding hydrogens is 250 g/mol. The molecule has 1 amide bonds. The van der Waals surface area contributed by atoms with Gasteiger partial charge in [-0.15, -0.1) is 11.3 Å². The topological polar surface area (TPSA) is 74.5 Å². The highest BCUT2D eigenvalue weighted by Crippen LogP contribution is 2.17. The first-order valence-corrected chi connectivity index (χ1v) is 6.82. The maximum Gasteiger partial charge on any atom is 0.294 e. The standard InChI is InChI=1S/C11H19N5OS/c1-15(2)9-3-4-16(6-9)5-8-7-18-11(13-8)10(17)14-12/h7,9H,3-6,12H2,1-2H3,(H,14,17). The van der Waals surface area contributed by atoms with Gasteiger partial charge in [0.15, 0.2) is 5.01 Å². The van der Waals surface area contributed by atoms with Gasteiger partial charge in [0.05, 0.1) is 5.69 Å². The number of carbonyl (C=O) groups excluding carboxylic acids is 1. The molecule has 1 unspecified atom stereocenters. The first-order valence-electron chi connectivity index (χ1n) is 5.94. The molecule has 2 heterocycles. The molecule has 1 aliphatic heterocycles. The van der Waals surface area contributed by atoms with E-state index in [1.54, 1.807) is 0 Å². The minimum absolute atomic E-state index is 0.321. The van der Waals surface area contributed by atoms with Gasteiger partial charge in [-0.25, -0.2) is 10.8 Å². The molecule has 1 fully saturated rings. The van der Waals surface area contributed by atoms with E-state index in [0.717, 1.165) is 25.3 Å². The number of nitrogen functional groups attached to an aromatic ring is 1. The maximum absolute atomic E-state index is 11.3. The summed E-state index contributed by atoms with van der Waals surface area (Å²) in [4.78, 5) is 20.2. The van der Waals surface area contributed by atoms with Crippen LogP contribution in [0.4, 0.5) is 0 Å². The summed E-state index contributed by atoms with van der Waals surface area (Å²) in [6, 6.07) is 0.621. The van der Waals surface area contributed by atoms with Crippen molar-refractivity contribution in [2.24, 2.45) is 5.84 Å². The van der Waals surface area contributed by atoms with Crippen LogP contribution < -0.4 is 11.3 Å². The van der Waals surface area contributed by atoms with E-state index >= 15 is 0 Å². The van der Waals surface area contributed by atoms with Gasteiger partial charge in [0.2, 0.25) is 0 Å². The fraction of sp³-hybridized carbons (Fsp3) is 0.636. The summed E-state index contributed by atoms with van der Waals surface area (Å²) < 4.78 is 0. The van der Waals surface area contributed by atoms with E-state index in [2.05, 4.69) is 34.3 Å². The Morgan fingerprint density at radius 2 is 2.50 bits per heavy atom. The predicted molar refractivity (Wildman–Crippen MR) is 71.1 cm³/mol. The van der Waals surface area contributed by atoms with Gasteiger partial charge in [-0.1, -0.05) is 0 Å². The molecule has 1 aromatic rings. The number of carbonyl (C=O) groups is 1. The zero-order chi connectivity index (χ0) is 13.1. The molecule has 1 atom stereocenters. The van der Waals surface area contributed by atoms with Crippen LogP contribution in [-0.4, -0.2) is 53.9 Å². The molecule has 7 heteroatoms. The van der Waals surface area contributed by atoms with Crippen LogP contribution in [0.15, 0.2) is 5.38 Å². The molecule has 3 N–H and O–H groups in total. The highest BCUT2D eigenvalue weighted by Gasteiger charge is 2.24. The summed E-state index contributed by atoms with van der Waals surface area (Å²) in [6.07, 6.45) is 1.19. The van der Waals surface area contributed by atoms with Gasteiger partial charge in [-0.05, 0) is 20.5 Å². The van der Waals surface area contributed by atoms with Crippen molar-refractivity contribution >= 4 is 17.2 Å². The van der Waals surface area contributed by atoms with Crippen molar-refractivity contribution in [2.45, 2.75) is 19.0 Å². The molecule has 2 rings (SSSR count). The molecular formula is C11H19N5OS. The van der Waals surface area contributed by atoms with E-state index in [9.17, 15) is 4.79 Å². The Labute approximate surface area is 111 Å². The fourth-order valence-electron chi connectivity index (χ4n) is 2.15. The third-order valence-corrected chi connectivity index (χ3v) is 4.13. The number of hydrazine groups is 1. The highest BCUT2D eigenvalue weighted by molar-refractivity contribution is 7.11. The normalized spacial score (nSPS) is 20.6. The summed E-state index contributed by atoms with van der Waals surface area (Å²) in [5.74, 6) is 4.76. The second-order valence-electron chi connectivity index (χ2n) is 4.76. The minimum atomic E-state index is -0.321. The minimum Gasteiger partial charge on any atom is -0.305 e. The van der Waals surface area contributed by atoms with Crippen molar-refractivity contribution in [3.05, 3.63) is 16.1 Å². The highest BCUT2D eigenvalue weighted by atomic mass is 32.1. The van der Waals surface area contributed by atoms with Gasteiger partial charge in [-0.3, -0.25) is 15.1 Å². The van der Waals surface area contributed by atoms with Crippen LogP contribution in [0.1, 0.15) is 21.9 Å². The SMILES string of the molecule is CN(C)C1CCN(Cc2csc(C(=O)NN)n2)C1. The van der Waals surface area contributed by atoms with Crippen molar-refractivity contribution in [2.75, 3.05) is 27.2 Å². The maximum atomic E-state index is 11.3. The number of amides is 1. The number of likely N-dealkylation sites (tertiary alicyclic amines) is 1. The van der Waals surface area contributed by atoms with Gasteiger partial charge in [0.1, 0.15) is 0 Å². The summed E-state index contributed by atoms with van der Waals surface area (Å²) in [7, 11) is 4.22. The van der Waals surface area contributed by atoms with Gasteiger partial charge in [0.25, 0.3) is 5.91 Å². The molecule has 0 aliphatic carbocycles. The number of rotatable bonds is 4. The molecule has 0 bridgehead atoms. The van der Waals surface area contributed by atoms with E-state index in [1.165, 1.54) is 17.8 Å². The Morgan fingerprint density at radius 3 is 3.11 bits per heavy atom. The Hall–Kier alpha value is -1.02. The van der Waals surface area contributed by atoms with Crippen LogP contribution >= 0.6 is 11.3 Å². The molecule has 0 aromatic carbocycles. The number of hydrogen-bond acceptors (Lipinski definition) is 6. The lowest BCUT2D eigenvalue weighted by Gasteiger charge is -2.19. The summed E-state index contributed by atoms with van der Waals surface area (Å²) in [5.41, 5.74) is 3.04. The zero-order valence-electron chi connectivity index (χ0n) is 10.7. The average molecular weight is 269 g/mol. The second kappa shape index (κ2) is 5.75. The lowest BCUT2D eigenvalue weighted by Crippen LogP contribution is -2.31. The van der Waals surface area contributed by atoms with Gasteiger partial charge in [0, 0.05) is 31.1 Å². The molecule has 1 aromatic heterocycles. The van der Waals surface area contributed by atoms with Crippen molar-refractivity contribution in [1.29, 1.82) is 0 Å². The molecule has 100 valence electrons. The first kappa shape index (κ1) is 13.4. The Balaban J connectivity index is 1.91. The second-order valence-corrected chi connectivity index (χ2v) is 5.62.